The summed E-state index contributed by atoms with van der Waals surface area (Å²) in [5.74, 6) is -1.59. The van der Waals surface area contributed by atoms with Crippen molar-refractivity contribution in [1.82, 2.24) is 5.32 Å². The van der Waals surface area contributed by atoms with Gasteiger partial charge in [-0.25, -0.2) is 0 Å². The first-order valence-electron chi connectivity index (χ1n) is 9.16. The number of carbonyl (C=O) groups excluding carboxylic acids is 3. The highest BCUT2D eigenvalue weighted by Gasteiger charge is 2.15. The average Bonchev–Trinajstić information content (AvgIpc) is 2.66. The SMILES string of the molecule is Cc1ccc(NC(=O)COC(=O)CNC(=O)c2ccc(C(C)(C)C)cc2)cc1Cl. The summed E-state index contributed by atoms with van der Waals surface area (Å²) in [7, 11) is 0. The number of anilines is 1. The smallest absolute Gasteiger partial charge is 0.325 e. The first kappa shape index (κ1) is 22.4. The van der Waals surface area contributed by atoms with Crippen LogP contribution in [0.25, 0.3) is 0 Å². The van der Waals surface area contributed by atoms with Gasteiger partial charge >= 0.3 is 5.97 Å². The minimum Gasteiger partial charge on any atom is -0.454 e. The van der Waals surface area contributed by atoms with Gasteiger partial charge in [0.05, 0.1) is 0 Å². The van der Waals surface area contributed by atoms with E-state index in [-0.39, 0.29) is 17.9 Å². The van der Waals surface area contributed by atoms with Crippen molar-refractivity contribution < 1.29 is 19.1 Å². The van der Waals surface area contributed by atoms with Crippen LogP contribution in [0.5, 0.6) is 0 Å². The van der Waals surface area contributed by atoms with E-state index in [1.165, 1.54) is 0 Å². The normalized spacial score (nSPS) is 10.9. The Kier molecular flexibility index (Phi) is 7.40. The number of hydrogen-bond acceptors (Lipinski definition) is 4. The third kappa shape index (κ3) is 6.91. The Bertz CT molecular complexity index is 902. The number of hydrogen-bond donors (Lipinski definition) is 2. The molecule has 6 nitrogen and oxygen atoms in total. The lowest BCUT2D eigenvalue weighted by Crippen LogP contribution is -2.32. The van der Waals surface area contributed by atoms with Gasteiger partial charge in [-0.1, -0.05) is 50.6 Å². The van der Waals surface area contributed by atoms with Crippen LogP contribution < -0.4 is 10.6 Å². The second-order valence-corrected chi connectivity index (χ2v) is 8.09. The van der Waals surface area contributed by atoms with Crippen LogP contribution in [-0.4, -0.2) is 30.9 Å². The number of benzene rings is 2. The molecule has 2 rings (SSSR count). The van der Waals surface area contributed by atoms with Crippen LogP contribution in [0.2, 0.25) is 5.02 Å². The largest absolute Gasteiger partial charge is 0.454 e. The van der Waals surface area contributed by atoms with E-state index in [0.29, 0.717) is 16.3 Å². The molecule has 0 saturated carbocycles. The maximum Gasteiger partial charge on any atom is 0.325 e. The van der Waals surface area contributed by atoms with Crippen LogP contribution in [0.4, 0.5) is 5.69 Å². The van der Waals surface area contributed by atoms with Gasteiger partial charge in [0, 0.05) is 16.3 Å². The molecule has 0 unspecified atom stereocenters. The number of carbonyl (C=O) groups is 3. The monoisotopic (exact) mass is 416 g/mol. The minimum absolute atomic E-state index is 0.0106. The Balaban J connectivity index is 1.76. The maximum atomic E-state index is 12.1. The van der Waals surface area contributed by atoms with E-state index < -0.39 is 18.5 Å². The molecule has 0 aliphatic carbocycles. The Morgan fingerprint density at radius 1 is 1.03 bits per heavy atom. The molecule has 154 valence electrons. The number of aryl methyl sites for hydroxylation is 1. The summed E-state index contributed by atoms with van der Waals surface area (Å²) in [5.41, 5.74) is 2.94. The van der Waals surface area contributed by atoms with Gasteiger partial charge < -0.3 is 15.4 Å². The van der Waals surface area contributed by atoms with Crippen molar-refractivity contribution >= 4 is 35.1 Å². The summed E-state index contributed by atoms with van der Waals surface area (Å²) in [5, 5.41) is 5.59. The van der Waals surface area contributed by atoms with Gasteiger partial charge in [0.1, 0.15) is 6.54 Å². The van der Waals surface area contributed by atoms with Gasteiger partial charge in [-0.3, -0.25) is 14.4 Å². The molecule has 0 saturated heterocycles. The molecule has 2 aromatic carbocycles. The highest BCUT2D eigenvalue weighted by Crippen LogP contribution is 2.22. The summed E-state index contributed by atoms with van der Waals surface area (Å²) in [4.78, 5) is 35.8. The van der Waals surface area contributed by atoms with Gasteiger partial charge in [0.25, 0.3) is 11.8 Å². The van der Waals surface area contributed by atoms with Crippen LogP contribution in [0, 0.1) is 6.92 Å². The molecule has 0 aromatic heterocycles. The molecular formula is C22H25ClN2O4. The minimum atomic E-state index is -0.707. The number of nitrogens with one attached hydrogen (secondary N) is 2. The van der Waals surface area contributed by atoms with E-state index in [4.69, 9.17) is 16.3 Å². The average molecular weight is 417 g/mol. The molecule has 7 heteroatoms. The van der Waals surface area contributed by atoms with E-state index >= 15 is 0 Å². The van der Waals surface area contributed by atoms with Gasteiger partial charge in [-0.2, -0.15) is 0 Å². The molecule has 0 atom stereocenters. The molecule has 0 spiro atoms. The zero-order valence-electron chi connectivity index (χ0n) is 17.0. The number of ether oxygens (including phenoxy) is 1. The lowest BCUT2D eigenvalue weighted by Gasteiger charge is -2.19. The second kappa shape index (κ2) is 9.56. The summed E-state index contributed by atoms with van der Waals surface area (Å²) in [6.45, 7) is 7.32. The molecule has 2 amide bonds. The lowest BCUT2D eigenvalue weighted by molar-refractivity contribution is -0.146. The Hall–Kier alpha value is -2.86. The van der Waals surface area contributed by atoms with E-state index in [1.807, 2.05) is 19.1 Å². The van der Waals surface area contributed by atoms with Crippen molar-refractivity contribution in [2.45, 2.75) is 33.1 Å². The second-order valence-electron chi connectivity index (χ2n) is 7.68. The van der Waals surface area contributed by atoms with E-state index in [9.17, 15) is 14.4 Å². The molecule has 29 heavy (non-hydrogen) atoms. The predicted molar refractivity (Wildman–Crippen MR) is 113 cm³/mol. The van der Waals surface area contributed by atoms with Crippen LogP contribution in [-0.2, 0) is 19.7 Å². The van der Waals surface area contributed by atoms with Crippen LogP contribution in [0.3, 0.4) is 0 Å². The topological polar surface area (TPSA) is 84.5 Å². The number of amides is 2. The Morgan fingerprint density at radius 2 is 1.69 bits per heavy atom. The van der Waals surface area contributed by atoms with Gasteiger partial charge in [0.15, 0.2) is 6.61 Å². The molecule has 0 aliphatic heterocycles. The Labute approximate surface area is 175 Å². The third-order valence-electron chi connectivity index (χ3n) is 4.23. The molecule has 2 aromatic rings. The number of esters is 1. The fourth-order valence-electron chi connectivity index (χ4n) is 2.44. The summed E-state index contributed by atoms with van der Waals surface area (Å²) in [6.07, 6.45) is 0. The Morgan fingerprint density at radius 3 is 2.28 bits per heavy atom. The van der Waals surface area contributed by atoms with Crippen molar-refractivity contribution in [3.8, 4) is 0 Å². The molecule has 0 fully saturated rings. The van der Waals surface area contributed by atoms with E-state index in [0.717, 1.165) is 11.1 Å². The number of halogens is 1. The summed E-state index contributed by atoms with van der Waals surface area (Å²) in [6, 6.07) is 12.3. The predicted octanol–water partition coefficient (Wildman–Crippen LogP) is 3.86. The third-order valence-corrected chi connectivity index (χ3v) is 4.63. The van der Waals surface area contributed by atoms with Crippen LogP contribution in [0.15, 0.2) is 42.5 Å². The van der Waals surface area contributed by atoms with Crippen molar-refractivity contribution in [2.24, 2.45) is 0 Å². The molecule has 0 bridgehead atoms. The summed E-state index contributed by atoms with van der Waals surface area (Å²) >= 11 is 6.00. The fraction of sp³-hybridized carbons (Fsp3) is 0.318. The highest BCUT2D eigenvalue weighted by atomic mass is 35.5. The maximum absolute atomic E-state index is 12.1. The highest BCUT2D eigenvalue weighted by molar-refractivity contribution is 6.31. The molecule has 0 aliphatic rings. The lowest BCUT2D eigenvalue weighted by atomic mass is 9.87. The van der Waals surface area contributed by atoms with Gasteiger partial charge in [0.2, 0.25) is 0 Å². The zero-order chi connectivity index (χ0) is 21.6. The summed E-state index contributed by atoms with van der Waals surface area (Å²) < 4.78 is 4.88. The van der Waals surface area contributed by atoms with E-state index in [2.05, 4.69) is 31.4 Å². The van der Waals surface area contributed by atoms with Gasteiger partial charge in [-0.15, -0.1) is 0 Å². The standard InChI is InChI=1S/C22H25ClN2O4/c1-14-5-10-17(11-18(14)23)25-19(26)13-29-20(27)12-24-21(28)15-6-8-16(9-7-15)22(2,3)4/h5-11H,12-13H2,1-4H3,(H,24,28)(H,25,26). The first-order valence-corrected chi connectivity index (χ1v) is 9.54. The zero-order valence-corrected chi connectivity index (χ0v) is 17.7. The molecule has 2 N–H and O–H groups in total. The molecular weight excluding hydrogens is 392 g/mol. The van der Waals surface area contributed by atoms with Crippen molar-refractivity contribution in [3.63, 3.8) is 0 Å². The molecule has 0 radical (unpaired) electrons. The van der Waals surface area contributed by atoms with Crippen LogP contribution in [0.1, 0.15) is 42.3 Å². The van der Waals surface area contributed by atoms with Crippen LogP contribution >= 0.6 is 11.6 Å². The van der Waals surface area contributed by atoms with Crippen molar-refractivity contribution in [2.75, 3.05) is 18.5 Å². The fourth-order valence-corrected chi connectivity index (χ4v) is 2.62. The quantitative estimate of drug-likeness (QED) is 0.700. The van der Waals surface area contributed by atoms with Gasteiger partial charge in [-0.05, 0) is 47.7 Å². The first-order chi connectivity index (χ1) is 13.6. The number of rotatable bonds is 6. The van der Waals surface area contributed by atoms with E-state index in [1.54, 1.807) is 30.3 Å². The van der Waals surface area contributed by atoms with Crippen molar-refractivity contribution in [1.29, 1.82) is 0 Å². The molecule has 0 heterocycles. The van der Waals surface area contributed by atoms with Crippen molar-refractivity contribution in [3.05, 3.63) is 64.2 Å².